The van der Waals surface area contributed by atoms with Gasteiger partial charge >= 0.3 is 12.3 Å². The molecule has 8 heteroatoms. The summed E-state index contributed by atoms with van der Waals surface area (Å²) in [7, 11) is 0. The molecule has 0 heterocycles. The first-order valence-electron chi connectivity index (χ1n) is 8.03. The molecule has 144 valence electrons. The highest BCUT2D eigenvalue weighted by Crippen LogP contribution is 2.32. The predicted molar refractivity (Wildman–Crippen MR) is 94.8 cm³/mol. The number of rotatable bonds is 3. The summed E-state index contributed by atoms with van der Waals surface area (Å²) >= 11 is 0. The van der Waals surface area contributed by atoms with Crippen molar-refractivity contribution in [3.63, 3.8) is 0 Å². The SMILES string of the molecule is CC(C)(C)NC(=O)Oc1ccc(NC(=O)c2ccccc2C(F)(F)F)cc1. The molecule has 27 heavy (non-hydrogen) atoms. The van der Waals surface area contributed by atoms with Gasteiger partial charge in [0.05, 0.1) is 11.1 Å². The number of nitrogens with one attached hydrogen (secondary N) is 2. The summed E-state index contributed by atoms with van der Waals surface area (Å²) in [6.07, 6.45) is -5.27. The lowest BCUT2D eigenvalue weighted by Crippen LogP contribution is -2.42. The lowest BCUT2D eigenvalue weighted by molar-refractivity contribution is -0.137. The van der Waals surface area contributed by atoms with Crippen LogP contribution in [-0.4, -0.2) is 17.5 Å². The molecule has 0 spiro atoms. The van der Waals surface area contributed by atoms with E-state index in [1.165, 1.54) is 36.4 Å². The van der Waals surface area contributed by atoms with E-state index in [2.05, 4.69) is 10.6 Å². The van der Waals surface area contributed by atoms with Crippen LogP contribution in [0.2, 0.25) is 0 Å². The first-order valence-corrected chi connectivity index (χ1v) is 8.03. The zero-order chi connectivity index (χ0) is 20.2. The van der Waals surface area contributed by atoms with E-state index in [0.717, 1.165) is 12.1 Å². The summed E-state index contributed by atoms with van der Waals surface area (Å²) < 4.78 is 44.1. The fourth-order valence-electron chi connectivity index (χ4n) is 2.17. The fraction of sp³-hybridized carbons (Fsp3) is 0.263. The zero-order valence-corrected chi connectivity index (χ0v) is 15.0. The second-order valence-electron chi connectivity index (χ2n) is 6.79. The van der Waals surface area contributed by atoms with E-state index in [-0.39, 0.29) is 11.4 Å². The molecule has 0 saturated heterocycles. The monoisotopic (exact) mass is 380 g/mol. The standard InChI is InChI=1S/C19H19F3N2O3/c1-18(2,3)24-17(26)27-13-10-8-12(9-11-13)23-16(25)14-6-4-5-7-15(14)19(20,21)22/h4-11H,1-3H3,(H,23,25)(H,24,26). The van der Waals surface area contributed by atoms with E-state index in [1.54, 1.807) is 20.8 Å². The van der Waals surface area contributed by atoms with Crippen LogP contribution in [0.3, 0.4) is 0 Å². The topological polar surface area (TPSA) is 67.4 Å². The molecule has 2 aromatic carbocycles. The summed E-state index contributed by atoms with van der Waals surface area (Å²) in [4.78, 5) is 23.9. The van der Waals surface area contributed by atoms with Crippen LogP contribution in [-0.2, 0) is 6.18 Å². The fourth-order valence-corrected chi connectivity index (χ4v) is 2.17. The van der Waals surface area contributed by atoms with E-state index in [0.29, 0.717) is 0 Å². The molecule has 0 aliphatic rings. The minimum atomic E-state index is -4.63. The van der Waals surface area contributed by atoms with Crippen molar-refractivity contribution in [2.24, 2.45) is 0 Å². The van der Waals surface area contributed by atoms with Crippen molar-refractivity contribution in [1.29, 1.82) is 0 Å². The number of alkyl halides is 3. The third kappa shape index (κ3) is 6.02. The summed E-state index contributed by atoms with van der Waals surface area (Å²) in [6, 6.07) is 10.2. The van der Waals surface area contributed by atoms with Crippen LogP contribution in [0.15, 0.2) is 48.5 Å². The molecule has 0 atom stereocenters. The van der Waals surface area contributed by atoms with Crippen molar-refractivity contribution in [3.05, 3.63) is 59.7 Å². The van der Waals surface area contributed by atoms with Gasteiger partial charge in [-0.2, -0.15) is 13.2 Å². The van der Waals surface area contributed by atoms with Crippen molar-refractivity contribution in [3.8, 4) is 5.75 Å². The number of halogens is 3. The quantitative estimate of drug-likeness (QED) is 0.800. The molecule has 0 aliphatic carbocycles. The molecule has 2 rings (SSSR count). The number of carbonyl (C=O) groups excluding carboxylic acids is 2. The number of benzene rings is 2. The van der Waals surface area contributed by atoms with Crippen molar-refractivity contribution in [2.75, 3.05) is 5.32 Å². The maximum absolute atomic E-state index is 13.0. The summed E-state index contributed by atoms with van der Waals surface area (Å²) in [5.74, 6) is -0.660. The smallest absolute Gasteiger partial charge is 0.410 e. The average Bonchev–Trinajstić information content (AvgIpc) is 2.54. The Morgan fingerprint density at radius 3 is 2.07 bits per heavy atom. The van der Waals surface area contributed by atoms with E-state index in [1.807, 2.05) is 0 Å². The lowest BCUT2D eigenvalue weighted by atomic mass is 10.1. The number of carbonyl (C=O) groups is 2. The molecular weight excluding hydrogens is 361 g/mol. The first-order chi connectivity index (χ1) is 12.5. The third-order valence-electron chi connectivity index (χ3n) is 3.28. The molecule has 2 N–H and O–H groups in total. The lowest BCUT2D eigenvalue weighted by Gasteiger charge is -2.19. The Labute approximate surface area is 154 Å². The van der Waals surface area contributed by atoms with Gasteiger partial charge in [0.15, 0.2) is 0 Å². The molecule has 2 aromatic rings. The largest absolute Gasteiger partial charge is 0.417 e. The molecule has 2 amide bonds. The normalized spacial score (nSPS) is 11.6. The van der Waals surface area contributed by atoms with Gasteiger partial charge in [0.25, 0.3) is 5.91 Å². The van der Waals surface area contributed by atoms with Gasteiger partial charge in [-0.25, -0.2) is 4.79 Å². The van der Waals surface area contributed by atoms with Crippen molar-refractivity contribution < 1.29 is 27.5 Å². The van der Waals surface area contributed by atoms with Crippen molar-refractivity contribution in [2.45, 2.75) is 32.5 Å². The van der Waals surface area contributed by atoms with Gasteiger partial charge < -0.3 is 15.4 Å². The van der Waals surface area contributed by atoms with Crippen molar-refractivity contribution >= 4 is 17.7 Å². The second kappa shape index (κ2) is 7.69. The number of ether oxygens (including phenoxy) is 1. The van der Waals surface area contributed by atoms with Crippen LogP contribution in [0.1, 0.15) is 36.7 Å². The Bertz CT molecular complexity index is 825. The number of hydrogen-bond donors (Lipinski definition) is 2. The predicted octanol–water partition coefficient (Wildman–Crippen LogP) is 4.84. The first kappa shape index (κ1) is 20.3. The summed E-state index contributed by atoms with van der Waals surface area (Å²) in [5, 5.41) is 5.01. The van der Waals surface area contributed by atoms with Crippen LogP contribution in [0.4, 0.5) is 23.7 Å². The van der Waals surface area contributed by atoms with Crippen LogP contribution in [0.5, 0.6) is 5.75 Å². The van der Waals surface area contributed by atoms with E-state index in [9.17, 15) is 22.8 Å². The van der Waals surface area contributed by atoms with Crippen LogP contribution in [0.25, 0.3) is 0 Å². The maximum Gasteiger partial charge on any atom is 0.417 e. The molecule has 0 radical (unpaired) electrons. The average molecular weight is 380 g/mol. The molecule has 0 saturated carbocycles. The number of amides is 2. The molecular formula is C19H19F3N2O3. The van der Waals surface area contributed by atoms with E-state index in [4.69, 9.17) is 4.74 Å². The van der Waals surface area contributed by atoms with E-state index >= 15 is 0 Å². The van der Waals surface area contributed by atoms with Gasteiger partial charge in [0.2, 0.25) is 0 Å². The third-order valence-corrected chi connectivity index (χ3v) is 3.28. The van der Waals surface area contributed by atoms with Crippen LogP contribution in [0, 0.1) is 0 Å². The van der Waals surface area contributed by atoms with Crippen LogP contribution >= 0.6 is 0 Å². The second-order valence-corrected chi connectivity index (χ2v) is 6.79. The number of hydrogen-bond acceptors (Lipinski definition) is 3. The van der Waals surface area contributed by atoms with Gasteiger partial charge in [0.1, 0.15) is 5.75 Å². The highest BCUT2D eigenvalue weighted by molar-refractivity contribution is 6.05. The maximum atomic E-state index is 13.0. The van der Waals surface area contributed by atoms with Crippen molar-refractivity contribution in [1.82, 2.24) is 5.32 Å². The van der Waals surface area contributed by atoms with Gasteiger partial charge in [0, 0.05) is 11.2 Å². The Hall–Kier alpha value is -3.03. The summed E-state index contributed by atoms with van der Waals surface area (Å²) in [6.45, 7) is 5.39. The Kier molecular flexibility index (Phi) is 5.78. The Morgan fingerprint density at radius 1 is 0.926 bits per heavy atom. The zero-order valence-electron chi connectivity index (χ0n) is 15.0. The van der Waals surface area contributed by atoms with Gasteiger partial charge in [-0.1, -0.05) is 12.1 Å². The Morgan fingerprint density at radius 2 is 1.52 bits per heavy atom. The molecule has 0 bridgehead atoms. The van der Waals surface area contributed by atoms with E-state index < -0.39 is 34.8 Å². The van der Waals surface area contributed by atoms with Gasteiger partial charge in [-0.05, 0) is 57.2 Å². The molecule has 5 nitrogen and oxygen atoms in total. The Balaban J connectivity index is 2.07. The van der Waals surface area contributed by atoms with Gasteiger partial charge in [-0.15, -0.1) is 0 Å². The highest BCUT2D eigenvalue weighted by atomic mass is 19.4. The summed E-state index contributed by atoms with van der Waals surface area (Å²) in [5.41, 5.74) is -1.69. The molecule has 0 unspecified atom stereocenters. The minimum Gasteiger partial charge on any atom is -0.410 e. The minimum absolute atomic E-state index is 0.227. The van der Waals surface area contributed by atoms with Gasteiger partial charge in [-0.3, -0.25) is 4.79 Å². The highest BCUT2D eigenvalue weighted by Gasteiger charge is 2.34. The molecule has 0 fully saturated rings. The van der Waals surface area contributed by atoms with Crippen LogP contribution < -0.4 is 15.4 Å². The molecule has 0 aliphatic heterocycles. The molecule has 0 aromatic heterocycles. The number of anilines is 1.